The molecule has 0 spiro atoms. The molecule has 0 heterocycles. The van der Waals surface area contributed by atoms with E-state index in [0.717, 1.165) is 41.2 Å². The molecule has 0 fully saturated rings. The van der Waals surface area contributed by atoms with Crippen molar-refractivity contribution in [2.45, 2.75) is 19.5 Å². The van der Waals surface area contributed by atoms with Gasteiger partial charge >= 0.3 is 6.18 Å². The molecule has 0 saturated carbocycles. The van der Waals surface area contributed by atoms with Crippen molar-refractivity contribution in [1.29, 1.82) is 0 Å². The molecular weight excluding hydrogens is 405 g/mol. The standard InChI is InChI=1S/C21H20ClF3N2O2/c1-3-14-6-4-5-7-18(14)26-19(28)13-27(2)20(29)11-8-15-12-16(21(23,24)25)9-10-17(15)22/h4-12H,3,13H2,1-2H3,(H,26,28). The maximum atomic E-state index is 12.8. The molecule has 0 saturated heterocycles. The second kappa shape index (κ2) is 9.60. The highest BCUT2D eigenvalue weighted by Gasteiger charge is 2.30. The summed E-state index contributed by atoms with van der Waals surface area (Å²) >= 11 is 5.90. The normalized spacial score (nSPS) is 11.5. The molecule has 4 nitrogen and oxygen atoms in total. The number of carbonyl (C=O) groups excluding carboxylic acids is 2. The second-order valence-electron chi connectivity index (χ2n) is 6.32. The summed E-state index contributed by atoms with van der Waals surface area (Å²) in [5.41, 5.74) is 0.835. The van der Waals surface area contributed by atoms with E-state index < -0.39 is 17.6 Å². The average Bonchev–Trinajstić information content (AvgIpc) is 2.66. The number of benzene rings is 2. The van der Waals surface area contributed by atoms with Crippen LogP contribution in [0.4, 0.5) is 18.9 Å². The van der Waals surface area contributed by atoms with E-state index in [1.165, 1.54) is 13.1 Å². The number of para-hydroxylation sites is 1. The van der Waals surface area contributed by atoms with Gasteiger partial charge in [0.05, 0.1) is 12.1 Å². The Morgan fingerprint density at radius 1 is 1.17 bits per heavy atom. The van der Waals surface area contributed by atoms with Gasteiger partial charge < -0.3 is 10.2 Å². The first kappa shape index (κ1) is 22.5. The first-order valence-corrected chi connectivity index (χ1v) is 9.17. The summed E-state index contributed by atoms with van der Waals surface area (Å²) in [5.74, 6) is -0.926. The fourth-order valence-electron chi connectivity index (χ4n) is 2.57. The van der Waals surface area contributed by atoms with E-state index in [2.05, 4.69) is 5.32 Å². The van der Waals surface area contributed by atoms with Crippen molar-refractivity contribution in [3.8, 4) is 0 Å². The van der Waals surface area contributed by atoms with Crippen LogP contribution in [0.1, 0.15) is 23.6 Å². The molecule has 2 amide bonds. The highest BCUT2D eigenvalue weighted by atomic mass is 35.5. The third-order valence-corrected chi connectivity index (χ3v) is 4.50. The molecule has 8 heteroatoms. The maximum absolute atomic E-state index is 12.8. The summed E-state index contributed by atoms with van der Waals surface area (Å²) in [6.45, 7) is 1.75. The molecule has 0 radical (unpaired) electrons. The summed E-state index contributed by atoms with van der Waals surface area (Å²) in [6.07, 6.45) is -1.50. The summed E-state index contributed by atoms with van der Waals surface area (Å²) < 4.78 is 38.4. The van der Waals surface area contributed by atoms with E-state index in [4.69, 9.17) is 11.6 Å². The minimum atomic E-state index is -4.51. The molecule has 154 valence electrons. The van der Waals surface area contributed by atoms with Crippen molar-refractivity contribution in [3.63, 3.8) is 0 Å². The van der Waals surface area contributed by atoms with Crippen molar-refractivity contribution in [3.05, 3.63) is 70.3 Å². The van der Waals surface area contributed by atoms with E-state index in [1.807, 2.05) is 19.1 Å². The first-order valence-electron chi connectivity index (χ1n) is 8.79. The number of hydrogen-bond donors (Lipinski definition) is 1. The Kier molecular flexibility index (Phi) is 7.45. The third kappa shape index (κ3) is 6.35. The molecule has 0 aliphatic heterocycles. The zero-order chi connectivity index (χ0) is 21.6. The van der Waals surface area contributed by atoms with E-state index in [9.17, 15) is 22.8 Å². The lowest BCUT2D eigenvalue weighted by molar-refractivity contribution is -0.137. The van der Waals surface area contributed by atoms with Gasteiger partial charge in [-0.2, -0.15) is 13.2 Å². The van der Waals surface area contributed by atoms with Crippen LogP contribution in [0.5, 0.6) is 0 Å². The molecule has 0 bridgehead atoms. The third-order valence-electron chi connectivity index (χ3n) is 4.16. The van der Waals surface area contributed by atoms with E-state index in [1.54, 1.807) is 12.1 Å². The highest BCUT2D eigenvalue weighted by molar-refractivity contribution is 6.32. The summed E-state index contributed by atoms with van der Waals surface area (Å²) in [7, 11) is 1.42. The number of aryl methyl sites for hydroxylation is 1. The van der Waals surface area contributed by atoms with Crippen LogP contribution < -0.4 is 5.32 Å². The fraction of sp³-hybridized carbons (Fsp3) is 0.238. The lowest BCUT2D eigenvalue weighted by atomic mass is 10.1. The van der Waals surface area contributed by atoms with Crippen LogP contribution in [0.3, 0.4) is 0 Å². The maximum Gasteiger partial charge on any atom is 0.416 e. The van der Waals surface area contributed by atoms with Gasteiger partial charge in [0.15, 0.2) is 0 Å². The molecule has 29 heavy (non-hydrogen) atoms. The largest absolute Gasteiger partial charge is 0.416 e. The van der Waals surface area contributed by atoms with E-state index in [0.29, 0.717) is 5.69 Å². The van der Waals surface area contributed by atoms with Gasteiger partial charge in [-0.05, 0) is 47.9 Å². The predicted molar refractivity (Wildman–Crippen MR) is 108 cm³/mol. The Labute approximate surface area is 172 Å². The van der Waals surface area contributed by atoms with Crippen LogP contribution in [0.25, 0.3) is 6.08 Å². The Balaban J connectivity index is 2.02. The zero-order valence-electron chi connectivity index (χ0n) is 15.9. The molecule has 0 aliphatic rings. The molecule has 2 aromatic rings. The first-order chi connectivity index (χ1) is 13.6. The average molecular weight is 425 g/mol. The van der Waals surface area contributed by atoms with Crippen molar-refractivity contribution in [1.82, 2.24) is 4.90 Å². The van der Waals surface area contributed by atoms with Gasteiger partial charge in [-0.1, -0.05) is 36.7 Å². The number of nitrogens with one attached hydrogen (secondary N) is 1. The smallest absolute Gasteiger partial charge is 0.333 e. The predicted octanol–water partition coefficient (Wildman–Crippen LogP) is 5.03. The number of likely N-dealkylation sites (N-methyl/N-ethyl adjacent to an activating group) is 1. The molecule has 2 aromatic carbocycles. The highest BCUT2D eigenvalue weighted by Crippen LogP contribution is 2.32. The minimum Gasteiger partial charge on any atom is -0.333 e. The quantitative estimate of drug-likeness (QED) is 0.661. The minimum absolute atomic E-state index is 0.0598. The van der Waals surface area contributed by atoms with Gasteiger partial charge in [-0.3, -0.25) is 9.59 Å². The van der Waals surface area contributed by atoms with Crippen molar-refractivity contribution in [2.75, 3.05) is 18.9 Å². The lowest BCUT2D eigenvalue weighted by Gasteiger charge is -2.16. The monoisotopic (exact) mass is 424 g/mol. The van der Waals surface area contributed by atoms with Gasteiger partial charge in [0.2, 0.25) is 11.8 Å². The van der Waals surface area contributed by atoms with Crippen LogP contribution in [-0.2, 0) is 22.2 Å². The van der Waals surface area contributed by atoms with Crippen molar-refractivity contribution < 1.29 is 22.8 Å². The number of alkyl halides is 3. The number of carbonyl (C=O) groups is 2. The van der Waals surface area contributed by atoms with Crippen LogP contribution in [-0.4, -0.2) is 30.3 Å². The molecule has 0 aromatic heterocycles. The SMILES string of the molecule is CCc1ccccc1NC(=O)CN(C)C(=O)C=Cc1cc(C(F)(F)F)ccc1Cl. The number of amides is 2. The molecule has 0 atom stereocenters. The molecule has 1 N–H and O–H groups in total. The van der Waals surface area contributed by atoms with Crippen molar-refractivity contribution >= 4 is 35.2 Å². The Hall–Kier alpha value is -2.80. The van der Waals surface area contributed by atoms with E-state index >= 15 is 0 Å². The Bertz CT molecular complexity index is 926. The second-order valence-corrected chi connectivity index (χ2v) is 6.73. The molecular formula is C21H20ClF3N2O2. The van der Waals surface area contributed by atoms with Gasteiger partial charge in [0.25, 0.3) is 0 Å². The number of rotatable bonds is 6. The fourth-order valence-corrected chi connectivity index (χ4v) is 2.75. The number of hydrogen-bond acceptors (Lipinski definition) is 2. The Morgan fingerprint density at radius 2 is 1.86 bits per heavy atom. The van der Waals surface area contributed by atoms with Gasteiger partial charge in [-0.15, -0.1) is 0 Å². The van der Waals surface area contributed by atoms with Crippen LogP contribution >= 0.6 is 11.6 Å². The number of nitrogens with zero attached hydrogens (tertiary/aromatic N) is 1. The van der Waals surface area contributed by atoms with Crippen molar-refractivity contribution in [2.24, 2.45) is 0 Å². The molecule has 0 aliphatic carbocycles. The van der Waals surface area contributed by atoms with Gasteiger partial charge in [-0.25, -0.2) is 0 Å². The van der Waals surface area contributed by atoms with Crippen LogP contribution in [0, 0.1) is 0 Å². The van der Waals surface area contributed by atoms with Crippen LogP contribution in [0.2, 0.25) is 5.02 Å². The summed E-state index contributed by atoms with van der Waals surface area (Å²) in [5, 5.41) is 2.83. The van der Waals surface area contributed by atoms with Crippen LogP contribution in [0.15, 0.2) is 48.5 Å². The summed E-state index contributed by atoms with van der Waals surface area (Å²) in [6, 6.07) is 10.2. The topological polar surface area (TPSA) is 49.4 Å². The number of anilines is 1. The Morgan fingerprint density at radius 3 is 2.52 bits per heavy atom. The zero-order valence-corrected chi connectivity index (χ0v) is 16.6. The molecule has 2 rings (SSSR count). The van der Waals surface area contributed by atoms with Gasteiger partial charge in [0.1, 0.15) is 0 Å². The summed E-state index contributed by atoms with van der Waals surface area (Å²) in [4.78, 5) is 25.6. The number of halogens is 4. The molecule has 0 unspecified atom stereocenters. The lowest BCUT2D eigenvalue weighted by Crippen LogP contribution is -2.34. The van der Waals surface area contributed by atoms with Gasteiger partial charge in [0, 0.05) is 23.8 Å². The van der Waals surface area contributed by atoms with E-state index in [-0.39, 0.29) is 23.0 Å².